The standard InChI is InChI=1S/C27H23F2NO4/c1-16(2)15-34-20-11-8-18(9-12-20)25(31)23-24(17-6-4-3-5-7-17)30(27(33)26(23)32)22-14-19(28)10-13-21(22)29/h3-14,16,24,31H,15H2,1-2H3/b25-23+. The van der Waals surface area contributed by atoms with Crippen molar-refractivity contribution in [1.29, 1.82) is 0 Å². The summed E-state index contributed by atoms with van der Waals surface area (Å²) in [5.41, 5.74) is 0.155. The third kappa shape index (κ3) is 4.41. The highest BCUT2D eigenvalue weighted by atomic mass is 19.1. The van der Waals surface area contributed by atoms with Crippen molar-refractivity contribution in [2.24, 2.45) is 5.92 Å². The lowest BCUT2D eigenvalue weighted by Crippen LogP contribution is -2.30. The fourth-order valence-corrected chi connectivity index (χ4v) is 3.83. The first-order valence-electron chi connectivity index (χ1n) is 10.8. The zero-order chi connectivity index (χ0) is 24.4. The number of amides is 1. The molecule has 174 valence electrons. The van der Waals surface area contributed by atoms with Gasteiger partial charge in [0.25, 0.3) is 11.7 Å². The van der Waals surface area contributed by atoms with Crippen LogP contribution in [-0.4, -0.2) is 23.4 Å². The number of carbonyl (C=O) groups excluding carboxylic acids is 2. The summed E-state index contributed by atoms with van der Waals surface area (Å²) in [4.78, 5) is 27.0. The van der Waals surface area contributed by atoms with Gasteiger partial charge in [-0.2, -0.15) is 0 Å². The van der Waals surface area contributed by atoms with Crippen LogP contribution in [0.25, 0.3) is 5.76 Å². The van der Waals surface area contributed by atoms with Crippen molar-refractivity contribution in [3.63, 3.8) is 0 Å². The predicted molar refractivity (Wildman–Crippen MR) is 124 cm³/mol. The molecule has 1 saturated heterocycles. The molecule has 1 unspecified atom stereocenters. The van der Waals surface area contributed by atoms with Crippen molar-refractivity contribution in [1.82, 2.24) is 0 Å². The molecule has 4 rings (SSSR count). The number of ketones is 1. The highest BCUT2D eigenvalue weighted by Crippen LogP contribution is 2.43. The highest BCUT2D eigenvalue weighted by Gasteiger charge is 2.47. The Morgan fingerprint density at radius 2 is 1.68 bits per heavy atom. The summed E-state index contributed by atoms with van der Waals surface area (Å²) in [7, 11) is 0. The smallest absolute Gasteiger partial charge is 0.300 e. The fourth-order valence-electron chi connectivity index (χ4n) is 3.83. The molecule has 5 nitrogen and oxygen atoms in total. The number of Topliss-reactive ketones (excluding diaryl/α,β-unsaturated/α-hetero) is 1. The number of aliphatic hydroxyl groups is 1. The largest absolute Gasteiger partial charge is 0.507 e. The quantitative estimate of drug-likeness (QED) is 0.293. The van der Waals surface area contributed by atoms with E-state index in [0.29, 0.717) is 23.8 Å². The van der Waals surface area contributed by atoms with Gasteiger partial charge in [-0.1, -0.05) is 44.2 Å². The van der Waals surface area contributed by atoms with E-state index in [1.165, 1.54) is 0 Å². The van der Waals surface area contributed by atoms with Gasteiger partial charge in [-0.05, 0) is 47.9 Å². The van der Waals surface area contributed by atoms with E-state index in [4.69, 9.17) is 4.74 Å². The summed E-state index contributed by atoms with van der Waals surface area (Å²) < 4.78 is 34.3. The molecule has 3 aromatic carbocycles. The molecule has 1 fully saturated rings. The molecule has 1 heterocycles. The first kappa shape index (κ1) is 23.2. The van der Waals surface area contributed by atoms with Crippen molar-refractivity contribution >= 4 is 23.1 Å². The second-order valence-corrected chi connectivity index (χ2v) is 8.40. The number of aliphatic hydroxyl groups excluding tert-OH is 1. The van der Waals surface area contributed by atoms with E-state index in [1.54, 1.807) is 54.6 Å². The van der Waals surface area contributed by atoms with E-state index in [1.807, 2.05) is 13.8 Å². The molecule has 0 saturated carbocycles. The average Bonchev–Trinajstić information content (AvgIpc) is 3.10. The number of nitrogens with zero attached hydrogens (tertiary/aromatic N) is 1. The first-order chi connectivity index (χ1) is 16.3. The molecule has 0 aromatic heterocycles. The van der Waals surface area contributed by atoms with Crippen LogP contribution < -0.4 is 9.64 Å². The van der Waals surface area contributed by atoms with Crippen molar-refractivity contribution in [3.8, 4) is 5.75 Å². The Labute approximate surface area is 195 Å². The van der Waals surface area contributed by atoms with E-state index in [2.05, 4.69) is 0 Å². The Hall–Kier alpha value is -4.00. The predicted octanol–water partition coefficient (Wildman–Crippen LogP) is 5.63. The van der Waals surface area contributed by atoms with Crippen molar-refractivity contribution in [3.05, 3.63) is 101 Å². The van der Waals surface area contributed by atoms with Crippen LogP contribution >= 0.6 is 0 Å². The third-order valence-corrected chi connectivity index (χ3v) is 5.44. The molecule has 1 aliphatic heterocycles. The van der Waals surface area contributed by atoms with Gasteiger partial charge in [-0.25, -0.2) is 8.78 Å². The maximum absolute atomic E-state index is 14.7. The second kappa shape index (κ2) is 9.47. The zero-order valence-corrected chi connectivity index (χ0v) is 18.7. The van der Waals surface area contributed by atoms with Crippen LogP contribution in [0.1, 0.15) is 31.0 Å². The Kier molecular flexibility index (Phi) is 6.45. The first-order valence-corrected chi connectivity index (χ1v) is 10.8. The van der Waals surface area contributed by atoms with Crippen LogP contribution in [0.4, 0.5) is 14.5 Å². The van der Waals surface area contributed by atoms with Crippen LogP contribution in [0.15, 0.2) is 78.4 Å². The molecule has 1 amide bonds. The van der Waals surface area contributed by atoms with Gasteiger partial charge in [0.2, 0.25) is 0 Å². The lowest BCUT2D eigenvalue weighted by atomic mass is 9.95. The van der Waals surface area contributed by atoms with E-state index in [9.17, 15) is 23.5 Å². The van der Waals surface area contributed by atoms with Gasteiger partial charge in [-0.15, -0.1) is 0 Å². The van der Waals surface area contributed by atoms with Gasteiger partial charge >= 0.3 is 0 Å². The number of carbonyl (C=O) groups is 2. The summed E-state index contributed by atoms with van der Waals surface area (Å²) in [5, 5.41) is 11.1. The van der Waals surface area contributed by atoms with Crippen LogP contribution in [0.5, 0.6) is 5.75 Å². The molecule has 0 aliphatic carbocycles. The molecule has 1 aliphatic rings. The number of rotatable bonds is 6. The molecule has 34 heavy (non-hydrogen) atoms. The van der Waals surface area contributed by atoms with E-state index in [0.717, 1.165) is 23.1 Å². The Balaban J connectivity index is 1.83. The highest BCUT2D eigenvalue weighted by molar-refractivity contribution is 6.51. The van der Waals surface area contributed by atoms with E-state index in [-0.39, 0.29) is 16.8 Å². The molecule has 0 radical (unpaired) electrons. The summed E-state index contributed by atoms with van der Waals surface area (Å²) in [6.07, 6.45) is 0. The fraction of sp³-hybridized carbons (Fsp3) is 0.185. The van der Waals surface area contributed by atoms with Gasteiger partial charge in [0.1, 0.15) is 23.1 Å². The average molecular weight is 463 g/mol. The number of hydrogen-bond donors (Lipinski definition) is 1. The minimum Gasteiger partial charge on any atom is -0.507 e. The molecular weight excluding hydrogens is 440 g/mol. The summed E-state index contributed by atoms with van der Waals surface area (Å²) in [6.45, 7) is 4.55. The normalized spacial score (nSPS) is 17.4. The molecule has 3 aromatic rings. The molecular formula is C27H23F2NO4. The van der Waals surface area contributed by atoms with E-state index < -0.39 is 35.1 Å². The van der Waals surface area contributed by atoms with Crippen molar-refractivity contribution in [2.45, 2.75) is 19.9 Å². The topological polar surface area (TPSA) is 66.8 Å². The number of ether oxygens (including phenoxy) is 1. The second-order valence-electron chi connectivity index (χ2n) is 8.40. The van der Waals surface area contributed by atoms with Gasteiger partial charge in [0, 0.05) is 11.6 Å². The molecule has 1 N–H and O–H groups in total. The van der Waals surface area contributed by atoms with Crippen LogP contribution in [-0.2, 0) is 9.59 Å². The summed E-state index contributed by atoms with van der Waals surface area (Å²) in [5.74, 6) is -3.17. The minimum atomic E-state index is -1.14. The number of anilines is 1. The lowest BCUT2D eigenvalue weighted by molar-refractivity contribution is -0.132. The molecule has 0 bridgehead atoms. The van der Waals surface area contributed by atoms with Crippen molar-refractivity contribution in [2.75, 3.05) is 11.5 Å². The summed E-state index contributed by atoms with van der Waals surface area (Å²) in [6, 6.07) is 16.4. The Bertz CT molecular complexity index is 1250. The Morgan fingerprint density at radius 3 is 2.32 bits per heavy atom. The number of benzene rings is 3. The molecule has 1 atom stereocenters. The third-order valence-electron chi connectivity index (χ3n) is 5.44. The maximum Gasteiger partial charge on any atom is 0.300 e. The van der Waals surface area contributed by atoms with Crippen LogP contribution in [0, 0.1) is 17.6 Å². The van der Waals surface area contributed by atoms with Crippen LogP contribution in [0.3, 0.4) is 0 Å². The molecule has 0 spiro atoms. The minimum absolute atomic E-state index is 0.212. The molecule has 7 heteroatoms. The van der Waals surface area contributed by atoms with Gasteiger partial charge in [0.15, 0.2) is 0 Å². The number of halogens is 2. The zero-order valence-electron chi connectivity index (χ0n) is 18.7. The SMILES string of the molecule is CC(C)COc1ccc(/C(O)=C2\C(=O)C(=O)N(c3cc(F)ccc3F)C2c2ccccc2)cc1. The van der Waals surface area contributed by atoms with Gasteiger partial charge in [-0.3, -0.25) is 14.5 Å². The number of hydrogen-bond acceptors (Lipinski definition) is 4. The van der Waals surface area contributed by atoms with Gasteiger partial charge < -0.3 is 9.84 Å². The van der Waals surface area contributed by atoms with Crippen molar-refractivity contribution < 1.29 is 28.2 Å². The van der Waals surface area contributed by atoms with Gasteiger partial charge in [0.05, 0.1) is 23.9 Å². The summed E-state index contributed by atoms with van der Waals surface area (Å²) >= 11 is 0. The Morgan fingerprint density at radius 1 is 1.00 bits per heavy atom. The monoisotopic (exact) mass is 463 g/mol. The maximum atomic E-state index is 14.7. The van der Waals surface area contributed by atoms with Crippen LogP contribution in [0.2, 0.25) is 0 Å². The van der Waals surface area contributed by atoms with E-state index >= 15 is 0 Å². The lowest BCUT2D eigenvalue weighted by Gasteiger charge is -2.25.